The lowest BCUT2D eigenvalue weighted by Crippen LogP contribution is -2.29. The summed E-state index contributed by atoms with van der Waals surface area (Å²) in [4.78, 5) is 33.0. The first kappa shape index (κ1) is 20.3. The first-order valence-electron chi connectivity index (χ1n) is 9.35. The summed E-state index contributed by atoms with van der Waals surface area (Å²) in [6, 6.07) is 13.3. The molecule has 0 unspecified atom stereocenters. The number of Topliss-reactive ketones (excluding diaryl/α,β-unsaturated/α-hetero) is 1. The normalized spacial score (nSPS) is 18.3. The van der Waals surface area contributed by atoms with Crippen molar-refractivity contribution in [2.45, 2.75) is 26.8 Å². The predicted octanol–water partition coefficient (Wildman–Crippen LogP) is 5.35. The number of aryl methyl sites for hydroxylation is 3. The van der Waals surface area contributed by atoms with E-state index in [1.807, 2.05) is 45.0 Å². The molecular formula is C23H19ClN2O3S. The van der Waals surface area contributed by atoms with Crippen LogP contribution < -0.4 is 4.90 Å². The molecule has 0 aliphatic carbocycles. The van der Waals surface area contributed by atoms with E-state index < -0.39 is 17.7 Å². The summed E-state index contributed by atoms with van der Waals surface area (Å²) in [6.07, 6.45) is 0. The Morgan fingerprint density at radius 1 is 1.03 bits per heavy atom. The third-order valence-corrected chi connectivity index (χ3v) is 6.50. The lowest BCUT2D eigenvalue weighted by molar-refractivity contribution is -0.132. The molecule has 2 aromatic carbocycles. The van der Waals surface area contributed by atoms with E-state index in [1.165, 1.54) is 16.2 Å². The summed E-state index contributed by atoms with van der Waals surface area (Å²) < 4.78 is 0. The minimum Gasteiger partial charge on any atom is -0.507 e. The van der Waals surface area contributed by atoms with Gasteiger partial charge in [0.05, 0.1) is 17.3 Å². The second-order valence-corrected chi connectivity index (χ2v) is 8.84. The molecule has 152 valence electrons. The Morgan fingerprint density at radius 2 is 1.67 bits per heavy atom. The van der Waals surface area contributed by atoms with Crippen LogP contribution in [-0.4, -0.2) is 21.8 Å². The molecule has 0 radical (unpaired) electrons. The van der Waals surface area contributed by atoms with E-state index in [1.54, 1.807) is 24.3 Å². The van der Waals surface area contributed by atoms with E-state index in [9.17, 15) is 14.7 Å². The third kappa shape index (κ3) is 3.42. The molecule has 3 aromatic rings. The highest BCUT2D eigenvalue weighted by atomic mass is 35.5. The average Bonchev–Trinajstić information content (AvgIpc) is 3.18. The Kier molecular flexibility index (Phi) is 5.22. The van der Waals surface area contributed by atoms with Crippen LogP contribution in [0.1, 0.15) is 33.3 Å². The number of benzene rings is 2. The molecular weight excluding hydrogens is 420 g/mol. The summed E-state index contributed by atoms with van der Waals surface area (Å²) in [7, 11) is 0. The summed E-state index contributed by atoms with van der Waals surface area (Å²) >= 11 is 7.30. The van der Waals surface area contributed by atoms with Gasteiger partial charge in [-0.1, -0.05) is 41.4 Å². The molecule has 2 heterocycles. The molecule has 4 rings (SSSR count). The number of hydrogen-bond acceptors (Lipinski definition) is 5. The van der Waals surface area contributed by atoms with Gasteiger partial charge in [0, 0.05) is 15.5 Å². The van der Waals surface area contributed by atoms with Gasteiger partial charge in [-0.25, -0.2) is 4.98 Å². The largest absolute Gasteiger partial charge is 0.507 e. The number of aliphatic hydroxyl groups is 1. The van der Waals surface area contributed by atoms with Crippen molar-refractivity contribution in [1.29, 1.82) is 0 Å². The zero-order chi connectivity index (χ0) is 21.6. The SMILES string of the molecule is Cc1ccc([C@@H]2C(=C(O)c3ccc(Cl)cc3)C(=O)C(=O)N2c2nc(C)c(C)s2)cc1. The minimum absolute atomic E-state index is 0.0386. The van der Waals surface area contributed by atoms with E-state index in [2.05, 4.69) is 4.98 Å². The highest BCUT2D eigenvalue weighted by molar-refractivity contribution is 7.16. The van der Waals surface area contributed by atoms with Crippen LogP contribution in [0.15, 0.2) is 54.1 Å². The molecule has 5 nitrogen and oxygen atoms in total. The van der Waals surface area contributed by atoms with Gasteiger partial charge in [0.1, 0.15) is 5.76 Å². The number of hydrogen-bond donors (Lipinski definition) is 1. The molecule has 0 spiro atoms. The van der Waals surface area contributed by atoms with Crippen molar-refractivity contribution >= 4 is 45.5 Å². The Balaban J connectivity index is 1.94. The van der Waals surface area contributed by atoms with Crippen LogP contribution in [0.25, 0.3) is 5.76 Å². The molecule has 1 aliphatic heterocycles. The van der Waals surface area contributed by atoms with E-state index >= 15 is 0 Å². The van der Waals surface area contributed by atoms with E-state index in [-0.39, 0.29) is 11.3 Å². The van der Waals surface area contributed by atoms with Crippen LogP contribution in [0.4, 0.5) is 5.13 Å². The number of anilines is 1. The lowest BCUT2D eigenvalue weighted by atomic mass is 9.95. The summed E-state index contributed by atoms with van der Waals surface area (Å²) in [5.41, 5.74) is 3.03. The maximum Gasteiger partial charge on any atom is 0.301 e. The lowest BCUT2D eigenvalue weighted by Gasteiger charge is -2.23. The maximum atomic E-state index is 13.1. The summed E-state index contributed by atoms with van der Waals surface area (Å²) in [5, 5.41) is 12.0. The molecule has 1 N–H and O–H groups in total. The molecule has 1 aromatic heterocycles. The van der Waals surface area contributed by atoms with Crippen molar-refractivity contribution in [3.8, 4) is 0 Å². The minimum atomic E-state index is -0.772. The standard InChI is InChI=1S/C23H19ClN2O3S/c1-12-4-6-15(7-5-12)19-18(20(27)16-8-10-17(24)11-9-16)21(28)22(29)26(19)23-25-13(2)14(3)30-23/h4-11,19,27H,1-3H3/t19-/m1/s1. The van der Waals surface area contributed by atoms with Crippen LogP contribution in [-0.2, 0) is 9.59 Å². The number of thiazole rings is 1. The van der Waals surface area contributed by atoms with Gasteiger partial charge in [0.2, 0.25) is 0 Å². The van der Waals surface area contributed by atoms with Crippen molar-refractivity contribution in [3.05, 3.63) is 86.4 Å². The van der Waals surface area contributed by atoms with Crippen molar-refractivity contribution < 1.29 is 14.7 Å². The van der Waals surface area contributed by atoms with Crippen LogP contribution in [0.2, 0.25) is 5.02 Å². The van der Waals surface area contributed by atoms with Gasteiger partial charge in [-0.2, -0.15) is 0 Å². The molecule has 1 aliphatic rings. The van der Waals surface area contributed by atoms with Crippen LogP contribution in [0, 0.1) is 20.8 Å². The quantitative estimate of drug-likeness (QED) is 0.340. The summed E-state index contributed by atoms with van der Waals surface area (Å²) in [6.45, 7) is 5.74. The van der Waals surface area contributed by atoms with Gasteiger partial charge < -0.3 is 5.11 Å². The van der Waals surface area contributed by atoms with Gasteiger partial charge in [0.15, 0.2) is 5.13 Å². The smallest absolute Gasteiger partial charge is 0.301 e. The fourth-order valence-corrected chi connectivity index (χ4v) is 4.48. The number of carbonyl (C=O) groups is 2. The van der Waals surface area contributed by atoms with E-state index in [0.717, 1.165) is 21.7 Å². The van der Waals surface area contributed by atoms with Gasteiger partial charge in [0.25, 0.3) is 5.78 Å². The van der Waals surface area contributed by atoms with Crippen molar-refractivity contribution in [1.82, 2.24) is 4.98 Å². The molecule has 1 amide bonds. The number of amides is 1. The predicted molar refractivity (Wildman–Crippen MR) is 119 cm³/mol. The molecule has 7 heteroatoms. The van der Waals surface area contributed by atoms with Crippen molar-refractivity contribution in [2.75, 3.05) is 4.90 Å². The summed E-state index contributed by atoms with van der Waals surface area (Å²) in [5.74, 6) is -1.67. The Morgan fingerprint density at radius 3 is 2.23 bits per heavy atom. The van der Waals surface area contributed by atoms with Gasteiger partial charge in [-0.3, -0.25) is 14.5 Å². The maximum absolute atomic E-state index is 13.1. The monoisotopic (exact) mass is 438 g/mol. The Labute approximate surface area is 183 Å². The number of aromatic nitrogens is 1. The fraction of sp³-hybridized carbons (Fsp3) is 0.174. The number of aliphatic hydroxyl groups excluding tert-OH is 1. The molecule has 30 heavy (non-hydrogen) atoms. The molecule has 1 atom stereocenters. The van der Waals surface area contributed by atoms with Gasteiger partial charge in [-0.15, -0.1) is 11.3 Å². The number of rotatable bonds is 3. The number of halogens is 1. The topological polar surface area (TPSA) is 70.5 Å². The molecule has 0 saturated carbocycles. The van der Waals surface area contributed by atoms with E-state index in [4.69, 9.17) is 11.6 Å². The Bertz CT molecular complexity index is 1160. The molecule has 0 bridgehead atoms. The third-order valence-electron chi connectivity index (χ3n) is 5.18. The van der Waals surface area contributed by atoms with Crippen molar-refractivity contribution in [3.63, 3.8) is 0 Å². The van der Waals surface area contributed by atoms with Crippen LogP contribution in [0.3, 0.4) is 0 Å². The van der Waals surface area contributed by atoms with Gasteiger partial charge in [-0.05, 0) is 50.6 Å². The zero-order valence-corrected chi connectivity index (χ0v) is 18.2. The highest BCUT2D eigenvalue weighted by Gasteiger charge is 2.48. The van der Waals surface area contributed by atoms with E-state index in [0.29, 0.717) is 15.7 Å². The molecule has 1 saturated heterocycles. The first-order chi connectivity index (χ1) is 14.3. The van der Waals surface area contributed by atoms with Crippen LogP contribution in [0.5, 0.6) is 0 Å². The second-order valence-electron chi connectivity index (χ2n) is 7.22. The number of ketones is 1. The van der Waals surface area contributed by atoms with Crippen LogP contribution >= 0.6 is 22.9 Å². The first-order valence-corrected chi connectivity index (χ1v) is 10.5. The van der Waals surface area contributed by atoms with Crippen molar-refractivity contribution in [2.24, 2.45) is 0 Å². The average molecular weight is 439 g/mol. The number of carbonyl (C=O) groups excluding carboxylic acids is 2. The Hall–Kier alpha value is -2.96. The second kappa shape index (κ2) is 7.70. The molecule has 1 fully saturated rings. The highest BCUT2D eigenvalue weighted by Crippen LogP contribution is 2.43. The zero-order valence-electron chi connectivity index (χ0n) is 16.6. The number of nitrogens with zero attached hydrogens (tertiary/aromatic N) is 2. The van der Waals surface area contributed by atoms with Gasteiger partial charge >= 0.3 is 5.91 Å². The fourth-order valence-electron chi connectivity index (χ4n) is 3.42.